The number of benzene rings is 10. The fraction of sp³-hybridized carbons (Fsp3) is 0. The lowest BCUT2D eigenvalue weighted by atomic mass is 9.99. The lowest BCUT2D eigenvalue weighted by Gasteiger charge is -2.23. The minimum Gasteiger partial charge on any atom is -0.452 e. The standard InChI is InChI=1S/C60H37N3O/c1-3-13-38(14-4-1)40-25-32-55-50(35-40)51-37-42(41-26-33-54-49(36-41)47-18-8-9-19-52(47)61(54)43-15-5-2-6-16-43)27-34-56(51)62(55)44-28-23-39(24-29-44)45-30-31-48-46-17-7-10-20-53(46)63-57-21-11-12-22-58(57)64-60(45)59(48)63/h1-37H. The molecule has 0 atom stereocenters. The van der Waals surface area contributed by atoms with Crippen LogP contribution in [0.15, 0.2) is 224 Å². The normalized spacial score (nSPS) is 12.2. The fourth-order valence-corrected chi connectivity index (χ4v) is 10.5. The summed E-state index contributed by atoms with van der Waals surface area (Å²) >= 11 is 0. The Morgan fingerprint density at radius 1 is 0.281 bits per heavy atom. The van der Waals surface area contributed by atoms with Gasteiger partial charge in [-0.1, -0.05) is 133 Å². The average molecular weight is 816 g/mol. The summed E-state index contributed by atoms with van der Waals surface area (Å²) in [6.07, 6.45) is 0. The van der Waals surface area contributed by atoms with Gasteiger partial charge in [-0.15, -0.1) is 0 Å². The van der Waals surface area contributed by atoms with E-state index >= 15 is 0 Å². The van der Waals surface area contributed by atoms with Crippen molar-refractivity contribution in [3.8, 4) is 61.9 Å². The first-order valence-electron chi connectivity index (χ1n) is 21.9. The fourth-order valence-electron chi connectivity index (χ4n) is 10.5. The first-order chi connectivity index (χ1) is 31.7. The summed E-state index contributed by atoms with van der Waals surface area (Å²) in [7, 11) is 0. The van der Waals surface area contributed by atoms with Gasteiger partial charge in [-0.25, -0.2) is 0 Å². The molecule has 1 aliphatic rings. The van der Waals surface area contributed by atoms with Crippen molar-refractivity contribution in [2.45, 2.75) is 0 Å². The number of ether oxygens (including phenoxy) is 1. The molecule has 0 radical (unpaired) electrons. The molecule has 0 unspecified atom stereocenters. The predicted octanol–water partition coefficient (Wildman–Crippen LogP) is 16.1. The van der Waals surface area contributed by atoms with E-state index < -0.39 is 0 Å². The van der Waals surface area contributed by atoms with Crippen LogP contribution in [0.2, 0.25) is 0 Å². The topological polar surface area (TPSA) is 24.0 Å². The third-order valence-corrected chi connectivity index (χ3v) is 13.4. The van der Waals surface area contributed by atoms with Crippen LogP contribution in [0.25, 0.3) is 116 Å². The van der Waals surface area contributed by atoms with Gasteiger partial charge >= 0.3 is 0 Å². The Morgan fingerprint density at radius 2 is 0.750 bits per heavy atom. The van der Waals surface area contributed by atoms with Crippen LogP contribution < -0.4 is 4.74 Å². The Balaban J connectivity index is 0.927. The van der Waals surface area contributed by atoms with Gasteiger partial charge in [0.25, 0.3) is 0 Å². The monoisotopic (exact) mass is 815 g/mol. The van der Waals surface area contributed by atoms with Crippen LogP contribution in [0.1, 0.15) is 0 Å². The Hall–Kier alpha value is -8.60. The minimum atomic E-state index is 0.861. The molecule has 10 aromatic carbocycles. The van der Waals surface area contributed by atoms with E-state index in [0.29, 0.717) is 0 Å². The highest BCUT2D eigenvalue weighted by Gasteiger charge is 2.26. The highest BCUT2D eigenvalue weighted by atomic mass is 16.5. The van der Waals surface area contributed by atoms with Crippen LogP contribution in [0.4, 0.5) is 0 Å². The number of aromatic nitrogens is 3. The van der Waals surface area contributed by atoms with Crippen LogP contribution >= 0.6 is 0 Å². The number of rotatable bonds is 5. The second-order valence-electron chi connectivity index (χ2n) is 16.9. The SMILES string of the molecule is c1ccc(-c2ccc3c(c2)c2cc(-c4ccc5c(c4)c4ccccc4n5-c4ccccc4)ccc2n3-c2ccc(-c3ccc4c5ccccc5n5c4c3Oc3ccccc3-5)cc2)cc1. The van der Waals surface area contributed by atoms with Crippen molar-refractivity contribution < 1.29 is 4.74 Å². The molecule has 0 fully saturated rings. The predicted molar refractivity (Wildman–Crippen MR) is 266 cm³/mol. The van der Waals surface area contributed by atoms with E-state index in [-0.39, 0.29) is 0 Å². The van der Waals surface area contributed by atoms with Gasteiger partial charge in [0, 0.05) is 49.3 Å². The van der Waals surface area contributed by atoms with Gasteiger partial charge in [0.2, 0.25) is 0 Å². The Kier molecular flexibility index (Phi) is 7.36. The van der Waals surface area contributed by atoms with Crippen molar-refractivity contribution in [2.75, 3.05) is 0 Å². The number of fused-ring (bicyclic) bond motifs is 11. The third-order valence-electron chi connectivity index (χ3n) is 13.4. The molecule has 4 heteroatoms. The molecule has 13 aromatic rings. The van der Waals surface area contributed by atoms with Crippen molar-refractivity contribution in [1.29, 1.82) is 0 Å². The maximum atomic E-state index is 6.82. The second kappa shape index (κ2) is 13.4. The smallest absolute Gasteiger partial charge is 0.160 e. The van der Waals surface area contributed by atoms with Gasteiger partial charge in [0.05, 0.1) is 38.8 Å². The van der Waals surface area contributed by atoms with Crippen LogP contribution in [0, 0.1) is 0 Å². The molecule has 298 valence electrons. The van der Waals surface area contributed by atoms with Gasteiger partial charge in [0.1, 0.15) is 0 Å². The van der Waals surface area contributed by atoms with E-state index in [2.05, 4.69) is 232 Å². The summed E-state index contributed by atoms with van der Waals surface area (Å²) in [6, 6.07) is 81.4. The number of nitrogens with zero attached hydrogens (tertiary/aromatic N) is 3. The number of para-hydroxylation sites is 5. The maximum Gasteiger partial charge on any atom is 0.160 e. The summed E-state index contributed by atoms with van der Waals surface area (Å²) < 4.78 is 14.0. The average Bonchev–Trinajstić information content (AvgIpc) is 4.00. The van der Waals surface area contributed by atoms with E-state index in [1.807, 2.05) is 6.07 Å². The molecule has 3 aromatic heterocycles. The Bertz CT molecular complexity index is 4020. The first kappa shape index (κ1) is 35.0. The summed E-state index contributed by atoms with van der Waals surface area (Å²) in [5.41, 5.74) is 17.3. The molecule has 0 saturated carbocycles. The van der Waals surface area contributed by atoms with Crippen LogP contribution in [0.3, 0.4) is 0 Å². The largest absolute Gasteiger partial charge is 0.452 e. The van der Waals surface area contributed by atoms with Crippen LogP contribution in [0.5, 0.6) is 11.5 Å². The van der Waals surface area contributed by atoms with Gasteiger partial charge in [0.15, 0.2) is 11.5 Å². The zero-order valence-corrected chi connectivity index (χ0v) is 34.6. The number of hydrogen-bond acceptors (Lipinski definition) is 1. The molecule has 0 N–H and O–H groups in total. The van der Waals surface area contributed by atoms with Gasteiger partial charge in [-0.3, -0.25) is 0 Å². The van der Waals surface area contributed by atoms with Gasteiger partial charge in [-0.05, 0) is 119 Å². The highest BCUT2D eigenvalue weighted by molar-refractivity contribution is 6.15. The van der Waals surface area contributed by atoms with Crippen molar-refractivity contribution in [3.63, 3.8) is 0 Å². The zero-order valence-electron chi connectivity index (χ0n) is 34.6. The van der Waals surface area contributed by atoms with E-state index in [4.69, 9.17) is 4.74 Å². The summed E-state index contributed by atoms with van der Waals surface area (Å²) in [4.78, 5) is 0. The lowest BCUT2D eigenvalue weighted by molar-refractivity contribution is 0.478. The highest BCUT2D eigenvalue weighted by Crippen LogP contribution is 2.49. The molecule has 0 amide bonds. The summed E-state index contributed by atoms with van der Waals surface area (Å²) in [6.45, 7) is 0. The Morgan fingerprint density at radius 3 is 1.41 bits per heavy atom. The van der Waals surface area contributed by atoms with Crippen LogP contribution in [-0.4, -0.2) is 13.7 Å². The van der Waals surface area contributed by atoms with Crippen molar-refractivity contribution in [3.05, 3.63) is 224 Å². The van der Waals surface area contributed by atoms with E-state index in [9.17, 15) is 0 Å². The second-order valence-corrected chi connectivity index (χ2v) is 16.9. The maximum absolute atomic E-state index is 6.82. The number of hydrogen-bond donors (Lipinski definition) is 0. The quantitative estimate of drug-likeness (QED) is 0.170. The molecule has 4 heterocycles. The summed E-state index contributed by atoms with van der Waals surface area (Å²) in [5.74, 6) is 1.75. The first-order valence-corrected chi connectivity index (χ1v) is 21.9. The molecule has 0 aliphatic carbocycles. The van der Waals surface area contributed by atoms with Crippen molar-refractivity contribution >= 4 is 65.4 Å². The van der Waals surface area contributed by atoms with Gasteiger partial charge < -0.3 is 18.4 Å². The van der Waals surface area contributed by atoms with E-state index in [1.54, 1.807) is 0 Å². The molecule has 4 nitrogen and oxygen atoms in total. The third kappa shape index (κ3) is 5.05. The molecule has 14 rings (SSSR count). The summed E-state index contributed by atoms with van der Waals surface area (Å²) in [5, 5.41) is 7.35. The molecule has 1 aliphatic heterocycles. The molecule has 64 heavy (non-hydrogen) atoms. The van der Waals surface area contributed by atoms with Gasteiger partial charge in [-0.2, -0.15) is 0 Å². The van der Waals surface area contributed by atoms with E-state index in [0.717, 1.165) is 45.2 Å². The molecule has 0 spiro atoms. The van der Waals surface area contributed by atoms with Crippen LogP contribution in [-0.2, 0) is 0 Å². The minimum absolute atomic E-state index is 0.861. The zero-order chi connectivity index (χ0) is 41.9. The van der Waals surface area contributed by atoms with E-state index in [1.165, 1.54) is 82.2 Å². The Labute approximate surface area is 368 Å². The van der Waals surface area contributed by atoms with Crippen molar-refractivity contribution in [2.24, 2.45) is 0 Å². The lowest BCUT2D eigenvalue weighted by Crippen LogP contribution is -2.05. The molecule has 0 bridgehead atoms. The van der Waals surface area contributed by atoms with Crippen molar-refractivity contribution in [1.82, 2.24) is 13.7 Å². The molecular formula is C60H37N3O. The molecule has 0 saturated heterocycles. The molecular weight excluding hydrogens is 779 g/mol.